The van der Waals surface area contributed by atoms with Crippen LogP contribution in [0.4, 0.5) is 0 Å². The van der Waals surface area contributed by atoms with Crippen molar-refractivity contribution < 1.29 is 19.4 Å². The summed E-state index contributed by atoms with van der Waals surface area (Å²) in [7, 11) is 0. The van der Waals surface area contributed by atoms with Gasteiger partial charge in [-0.15, -0.1) is 11.3 Å². The minimum atomic E-state index is -1.10. The van der Waals surface area contributed by atoms with Crippen LogP contribution >= 0.6 is 27.3 Å². The normalized spacial score (nSPS) is 10.0. The summed E-state index contributed by atoms with van der Waals surface area (Å²) in [6.45, 7) is 1.22. The third-order valence-electron chi connectivity index (χ3n) is 1.60. The highest BCUT2D eigenvalue weighted by atomic mass is 79.9. The molecular weight excluding hydrogens is 286 g/mol. The molecule has 1 aromatic heterocycles. The van der Waals surface area contributed by atoms with Crippen LogP contribution in [0, 0.1) is 6.92 Å². The second kappa shape index (κ2) is 4.63. The van der Waals surface area contributed by atoms with Gasteiger partial charge in [-0.1, -0.05) is 0 Å². The molecule has 0 spiro atoms. The molecule has 0 saturated carbocycles. The van der Waals surface area contributed by atoms with Gasteiger partial charge in [-0.05, 0) is 22.9 Å². The van der Waals surface area contributed by atoms with Gasteiger partial charge in [0, 0.05) is 5.56 Å². The number of rotatable bonds is 4. The van der Waals surface area contributed by atoms with Crippen molar-refractivity contribution in [3.05, 3.63) is 14.2 Å². The molecular formula is C8H8BrNO4S. The number of hydrogen-bond donors (Lipinski definition) is 2. The van der Waals surface area contributed by atoms with Gasteiger partial charge >= 0.3 is 5.97 Å². The summed E-state index contributed by atoms with van der Waals surface area (Å²) in [5.41, 5.74) is 5.80. The lowest BCUT2D eigenvalue weighted by atomic mass is 10.3. The Kier molecular flexibility index (Phi) is 3.70. The van der Waals surface area contributed by atoms with Crippen LogP contribution in [0.15, 0.2) is 3.79 Å². The number of thiophene rings is 1. The number of carbonyl (C=O) groups excluding carboxylic acids is 1. The first-order valence-electron chi connectivity index (χ1n) is 3.86. The Morgan fingerprint density at radius 1 is 1.60 bits per heavy atom. The van der Waals surface area contributed by atoms with E-state index < -0.39 is 18.5 Å². The van der Waals surface area contributed by atoms with Gasteiger partial charge in [-0.3, -0.25) is 4.79 Å². The van der Waals surface area contributed by atoms with Crippen LogP contribution in [0.5, 0.6) is 5.75 Å². The highest BCUT2D eigenvalue weighted by molar-refractivity contribution is 9.11. The molecule has 0 aliphatic carbocycles. The zero-order chi connectivity index (χ0) is 11.6. The van der Waals surface area contributed by atoms with Gasteiger partial charge in [0.25, 0.3) is 5.91 Å². The number of aliphatic carboxylic acids is 1. The van der Waals surface area contributed by atoms with Gasteiger partial charge < -0.3 is 15.6 Å². The summed E-state index contributed by atoms with van der Waals surface area (Å²) in [5.74, 6) is -1.50. The second-order valence-corrected chi connectivity index (χ2v) is 5.04. The van der Waals surface area contributed by atoms with Crippen molar-refractivity contribution in [3.8, 4) is 5.75 Å². The quantitative estimate of drug-likeness (QED) is 0.878. The highest BCUT2D eigenvalue weighted by Gasteiger charge is 2.19. The Bertz CT molecular complexity index is 415. The highest BCUT2D eigenvalue weighted by Crippen LogP contribution is 2.38. The summed E-state index contributed by atoms with van der Waals surface area (Å²) in [4.78, 5) is 21.6. The van der Waals surface area contributed by atoms with Crippen molar-refractivity contribution in [3.63, 3.8) is 0 Å². The summed E-state index contributed by atoms with van der Waals surface area (Å²) >= 11 is 4.35. The maximum atomic E-state index is 11.0. The van der Waals surface area contributed by atoms with Crippen LogP contribution in [-0.2, 0) is 4.79 Å². The third-order valence-corrected chi connectivity index (χ3v) is 3.75. The molecule has 1 rings (SSSR count). The van der Waals surface area contributed by atoms with Gasteiger partial charge in [0.2, 0.25) is 0 Å². The minimum Gasteiger partial charge on any atom is -0.480 e. The van der Waals surface area contributed by atoms with Gasteiger partial charge in [-0.25, -0.2) is 4.79 Å². The van der Waals surface area contributed by atoms with Crippen LogP contribution in [0.1, 0.15) is 15.2 Å². The van der Waals surface area contributed by atoms with Crippen molar-refractivity contribution in [1.29, 1.82) is 0 Å². The number of amides is 1. The SMILES string of the molecule is Cc1c(Br)sc(C(N)=O)c1OCC(=O)O. The molecule has 0 unspecified atom stereocenters. The number of halogens is 1. The van der Waals surface area contributed by atoms with E-state index in [4.69, 9.17) is 15.6 Å². The predicted molar refractivity (Wildman–Crippen MR) is 58.4 cm³/mol. The first kappa shape index (κ1) is 12.0. The number of carbonyl (C=O) groups is 2. The van der Waals surface area contributed by atoms with Crippen molar-refractivity contribution >= 4 is 39.1 Å². The van der Waals surface area contributed by atoms with Crippen molar-refractivity contribution in [1.82, 2.24) is 0 Å². The molecule has 3 N–H and O–H groups in total. The van der Waals surface area contributed by atoms with Gasteiger partial charge in [0.15, 0.2) is 6.61 Å². The first-order chi connectivity index (χ1) is 6.93. The maximum absolute atomic E-state index is 11.0. The zero-order valence-corrected chi connectivity index (χ0v) is 10.1. The summed E-state index contributed by atoms with van der Waals surface area (Å²) in [6.07, 6.45) is 0. The smallest absolute Gasteiger partial charge is 0.341 e. The van der Waals surface area contributed by atoms with Crippen molar-refractivity contribution in [2.45, 2.75) is 6.92 Å². The molecule has 1 heterocycles. The number of carboxylic acids is 1. The Balaban J connectivity index is 3.02. The molecule has 0 aliphatic heterocycles. The van der Waals surface area contributed by atoms with Crippen LogP contribution in [-0.4, -0.2) is 23.6 Å². The first-order valence-corrected chi connectivity index (χ1v) is 5.47. The van der Waals surface area contributed by atoms with Crippen LogP contribution in [0.2, 0.25) is 0 Å². The van der Waals surface area contributed by atoms with E-state index in [-0.39, 0.29) is 10.6 Å². The van der Waals surface area contributed by atoms with E-state index in [1.54, 1.807) is 6.92 Å². The average molecular weight is 294 g/mol. The van der Waals surface area contributed by atoms with Crippen LogP contribution < -0.4 is 10.5 Å². The fourth-order valence-corrected chi connectivity index (χ4v) is 2.44. The molecule has 0 aromatic carbocycles. The Hall–Kier alpha value is -1.08. The van der Waals surface area contributed by atoms with E-state index in [0.29, 0.717) is 9.35 Å². The molecule has 1 amide bonds. The Morgan fingerprint density at radius 3 is 2.67 bits per heavy atom. The minimum absolute atomic E-state index is 0.223. The van der Waals surface area contributed by atoms with E-state index >= 15 is 0 Å². The van der Waals surface area contributed by atoms with Crippen LogP contribution in [0.3, 0.4) is 0 Å². The molecule has 15 heavy (non-hydrogen) atoms. The molecule has 1 aromatic rings. The van der Waals surface area contributed by atoms with E-state index in [1.165, 1.54) is 0 Å². The maximum Gasteiger partial charge on any atom is 0.341 e. The van der Waals surface area contributed by atoms with Crippen molar-refractivity contribution in [2.24, 2.45) is 5.73 Å². The lowest BCUT2D eigenvalue weighted by Crippen LogP contribution is -2.14. The van der Waals surface area contributed by atoms with E-state index in [2.05, 4.69) is 15.9 Å². The number of primary amides is 1. The molecule has 7 heteroatoms. The van der Waals surface area contributed by atoms with Crippen molar-refractivity contribution in [2.75, 3.05) is 6.61 Å². The molecule has 0 aliphatic rings. The Morgan fingerprint density at radius 2 is 2.20 bits per heavy atom. The lowest BCUT2D eigenvalue weighted by molar-refractivity contribution is -0.139. The number of ether oxygens (including phenoxy) is 1. The predicted octanol–water partition coefficient (Wildman–Crippen LogP) is 1.38. The molecule has 0 atom stereocenters. The molecule has 0 radical (unpaired) electrons. The fraction of sp³-hybridized carbons (Fsp3) is 0.250. The molecule has 82 valence electrons. The van der Waals surface area contributed by atoms with E-state index in [0.717, 1.165) is 11.3 Å². The standard InChI is InChI=1S/C8H8BrNO4S/c1-3-5(14-2-4(11)12)6(8(10)13)15-7(3)9/h2H2,1H3,(H2,10,13)(H,11,12). The zero-order valence-electron chi connectivity index (χ0n) is 7.74. The third kappa shape index (κ3) is 2.69. The van der Waals surface area contributed by atoms with E-state index in [9.17, 15) is 9.59 Å². The topological polar surface area (TPSA) is 89.6 Å². The second-order valence-electron chi connectivity index (χ2n) is 2.71. The number of hydrogen-bond acceptors (Lipinski definition) is 4. The summed E-state index contributed by atoms with van der Waals surface area (Å²) < 4.78 is 5.70. The van der Waals surface area contributed by atoms with Gasteiger partial charge in [0.05, 0.1) is 3.79 Å². The monoisotopic (exact) mass is 293 g/mol. The lowest BCUT2D eigenvalue weighted by Gasteiger charge is -2.03. The summed E-state index contributed by atoms with van der Waals surface area (Å²) in [5, 5.41) is 8.45. The van der Waals surface area contributed by atoms with Gasteiger partial charge in [-0.2, -0.15) is 0 Å². The largest absolute Gasteiger partial charge is 0.480 e. The van der Waals surface area contributed by atoms with E-state index in [1.807, 2.05) is 0 Å². The summed E-state index contributed by atoms with van der Waals surface area (Å²) in [6, 6.07) is 0. The van der Waals surface area contributed by atoms with Crippen LogP contribution in [0.25, 0.3) is 0 Å². The van der Waals surface area contributed by atoms with Gasteiger partial charge in [0.1, 0.15) is 10.6 Å². The number of nitrogens with two attached hydrogens (primary N) is 1. The molecule has 0 bridgehead atoms. The fourth-order valence-electron chi connectivity index (χ4n) is 0.942. The number of carboxylic acid groups (broad SMARTS) is 1. The molecule has 0 fully saturated rings. The Labute approximate surface area is 98.0 Å². The molecule has 5 nitrogen and oxygen atoms in total. The average Bonchev–Trinajstić information content (AvgIpc) is 2.41. The molecule has 0 saturated heterocycles.